The van der Waals surface area contributed by atoms with Crippen molar-refractivity contribution in [3.8, 4) is 0 Å². The molecule has 0 atom stereocenters. The Bertz CT molecular complexity index is 110. The van der Waals surface area contributed by atoms with Gasteiger partial charge in [0.2, 0.25) is 5.91 Å². The van der Waals surface area contributed by atoms with E-state index in [1.807, 2.05) is 0 Å². The SMILES string of the molecule is CCC(N)=O.CN(C)CCCN.Cl. The summed E-state index contributed by atoms with van der Waals surface area (Å²) in [7, 11) is 4.10. The second-order valence-electron chi connectivity index (χ2n) is 2.77. The predicted molar refractivity (Wildman–Crippen MR) is 59.0 cm³/mol. The third-order valence-electron chi connectivity index (χ3n) is 1.16. The fraction of sp³-hybridized carbons (Fsp3) is 0.875. The first-order valence-electron chi connectivity index (χ1n) is 4.17. The van der Waals surface area contributed by atoms with Gasteiger partial charge in [-0.15, -0.1) is 12.4 Å². The average Bonchev–Trinajstić information content (AvgIpc) is 2.02. The fourth-order valence-electron chi connectivity index (χ4n) is 0.408. The number of nitrogens with zero attached hydrogens (tertiary/aromatic N) is 1. The molecule has 0 aromatic carbocycles. The van der Waals surface area contributed by atoms with Crippen molar-refractivity contribution < 1.29 is 4.79 Å². The van der Waals surface area contributed by atoms with Gasteiger partial charge in [-0.3, -0.25) is 4.79 Å². The number of amides is 1. The highest BCUT2D eigenvalue weighted by atomic mass is 35.5. The molecule has 0 unspecified atom stereocenters. The van der Waals surface area contributed by atoms with Gasteiger partial charge in [-0.05, 0) is 33.6 Å². The fourth-order valence-corrected chi connectivity index (χ4v) is 0.408. The van der Waals surface area contributed by atoms with Crippen LogP contribution in [0, 0.1) is 0 Å². The first-order valence-corrected chi connectivity index (χ1v) is 4.17. The van der Waals surface area contributed by atoms with Gasteiger partial charge in [0.25, 0.3) is 0 Å². The third kappa shape index (κ3) is 33.9. The molecule has 13 heavy (non-hydrogen) atoms. The normalized spacial score (nSPS) is 8.38. The van der Waals surface area contributed by atoms with Crippen LogP contribution in [0.15, 0.2) is 0 Å². The first kappa shape index (κ1) is 18.5. The van der Waals surface area contributed by atoms with Crippen LogP contribution in [0.1, 0.15) is 19.8 Å². The molecule has 0 saturated carbocycles. The van der Waals surface area contributed by atoms with E-state index in [1.165, 1.54) is 0 Å². The second-order valence-corrected chi connectivity index (χ2v) is 2.77. The Labute approximate surface area is 87.1 Å². The molecule has 0 aromatic rings. The van der Waals surface area contributed by atoms with E-state index in [0.717, 1.165) is 19.5 Å². The summed E-state index contributed by atoms with van der Waals surface area (Å²) in [6, 6.07) is 0. The zero-order valence-corrected chi connectivity index (χ0v) is 9.56. The summed E-state index contributed by atoms with van der Waals surface area (Å²) < 4.78 is 0. The molecule has 0 aliphatic heterocycles. The maximum Gasteiger partial charge on any atom is 0.217 e. The quantitative estimate of drug-likeness (QED) is 0.698. The number of hydrogen-bond acceptors (Lipinski definition) is 3. The highest BCUT2D eigenvalue weighted by Gasteiger charge is 1.83. The molecule has 1 amide bonds. The van der Waals surface area contributed by atoms with Gasteiger partial charge in [0, 0.05) is 6.42 Å². The summed E-state index contributed by atoms with van der Waals surface area (Å²) in [5.74, 6) is -0.245. The van der Waals surface area contributed by atoms with Crippen LogP contribution in [0.5, 0.6) is 0 Å². The lowest BCUT2D eigenvalue weighted by atomic mass is 10.4. The van der Waals surface area contributed by atoms with Crippen LogP contribution in [0.25, 0.3) is 0 Å². The minimum atomic E-state index is -0.245. The molecule has 82 valence electrons. The van der Waals surface area contributed by atoms with E-state index in [9.17, 15) is 4.79 Å². The summed E-state index contributed by atoms with van der Waals surface area (Å²) in [6.45, 7) is 3.64. The highest BCUT2D eigenvalue weighted by Crippen LogP contribution is 1.76. The lowest BCUT2D eigenvalue weighted by molar-refractivity contribution is -0.117. The van der Waals surface area contributed by atoms with E-state index < -0.39 is 0 Å². The number of primary amides is 1. The van der Waals surface area contributed by atoms with Gasteiger partial charge in [-0.25, -0.2) is 0 Å². The molecule has 0 aliphatic rings. The third-order valence-corrected chi connectivity index (χ3v) is 1.16. The van der Waals surface area contributed by atoms with Crippen molar-refractivity contribution in [2.45, 2.75) is 19.8 Å². The Morgan fingerprint density at radius 1 is 1.38 bits per heavy atom. The Morgan fingerprint density at radius 3 is 1.85 bits per heavy atom. The van der Waals surface area contributed by atoms with E-state index in [-0.39, 0.29) is 18.3 Å². The van der Waals surface area contributed by atoms with Gasteiger partial charge in [0.1, 0.15) is 0 Å². The summed E-state index contributed by atoms with van der Waals surface area (Å²) in [5.41, 5.74) is 9.90. The minimum absolute atomic E-state index is 0. The average molecular weight is 212 g/mol. The molecule has 0 rings (SSSR count). The van der Waals surface area contributed by atoms with Crippen molar-refractivity contribution in [1.82, 2.24) is 4.90 Å². The molecule has 5 heteroatoms. The summed E-state index contributed by atoms with van der Waals surface area (Å²) in [6.07, 6.45) is 1.55. The molecule has 0 heterocycles. The molecular formula is C8H22ClN3O. The van der Waals surface area contributed by atoms with Crippen LogP contribution in [0.3, 0.4) is 0 Å². The van der Waals surface area contributed by atoms with Gasteiger partial charge in [-0.1, -0.05) is 6.92 Å². The largest absolute Gasteiger partial charge is 0.370 e. The van der Waals surface area contributed by atoms with Crippen molar-refractivity contribution in [2.75, 3.05) is 27.2 Å². The summed E-state index contributed by atoms with van der Waals surface area (Å²) in [5, 5.41) is 0. The van der Waals surface area contributed by atoms with Crippen molar-refractivity contribution in [3.63, 3.8) is 0 Å². The topological polar surface area (TPSA) is 72.4 Å². The molecule has 0 spiro atoms. The van der Waals surface area contributed by atoms with Crippen LogP contribution in [-0.4, -0.2) is 38.0 Å². The highest BCUT2D eigenvalue weighted by molar-refractivity contribution is 5.85. The predicted octanol–water partition coefficient (Wildman–Crippen LogP) is 0.200. The lowest BCUT2D eigenvalue weighted by Gasteiger charge is -2.05. The Kier molecular flexibility index (Phi) is 20.2. The molecule has 0 saturated heterocycles. The van der Waals surface area contributed by atoms with E-state index in [4.69, 9.17) is 5.73 Å². The second kappa shape index (κ2) is 14.2. The molecular weight excluding hydrogens is 190 g/mol. The van der Waals surface area contributed by atoms with Gasteiger partial charge < -0.3 is 16.4 Å². The number of hydrogen-bond donors (Lipinski definition) is 2. The van der Waals surface area contributed by atoms with E-state index >= 15 is 0 Å². The Morgan fingerprint density at radius 2 is 1.77 bits per heavy atom. The smallest absolute Gasteiger partial charge is 0.217 e. The maximum absolute atomic E-state index is 9.59. The molecule has 0 aliphatic carbocycles. The van der Waals surface area contributed by atoms with E-state index in [0.29, 0.717) is 6.42 Å². The zero-order chi connectivity index (χ0) is 9.98. The summed E-state index contributed by atoms with van der Waals surface area (Å²) >= 11 is 0. The minimum Gasteiger partial charge on any atom is -0.370 e. The van der Waals surface area contributed by atoms with Crippen LogP contribution in [-0.2, 0) is 4.79 Å². The first-order chi connectivity index (χ1) is 5.54. The molecule has 0 radical (unpaired) electrons. The standard InChI is InChI=1S/C5H14N2.C3H7NO.ClH/c1-7(2)5-3-4-6;1-2-3(4)5;/h3-6H2,1-2H3;2H2,1H3,(H2,4,5);1H. The Balaban J connectivity index is -0.000000150. The van der Waals surface area contributed by atoms with Gasteiger partial charge >= 0.3 is 0 Å². The Hall–Kier alpha value is -0.320. The number of halogens is 1. The number of carbonyl (C=O) groups excluding carboxylic acids is 1. The number of rotatable bonds is 4. The van der Waals surface area contributed by atoms with Crippen LogP contribution < -0.4 is 11.5 Å². The van der Waals surface area contributed by atoms with E-state index in [1.54, 1.807) is 6.92 Å². The number of nitrogens with two attached hydrogens (primary N) is 2. The molecule has 4 N–H and O–H groups in total. The van der Waals surface area contributed by atoms with Crippen molar-refractivity contribution in [2.24, 2.45) is 11.5 Å². The summed E-state index contributed by atoms with van der Waals surface area (Å²) in [4.78, 5) is 11.7. The van der Waals surface area contributed by atoms with Crippen LogP contribution in [0.4, 0.5) is 0 Å². The van der Waals surface area contributed by atoms with Gasteiger partial charge in [0.05, 0.1) is 0 Å². The monoisotopic (exact) mass is 211 g/mol. The van der Waals surface area contributed by atoms with Crippen LogP contribution >= 0.6 is 12.4 Å². The van der Waals surface area contributed by atoms with Gasteiger partial charge in [0.15, 0.2) is 0 Å². The van der Waals surface area contributed by atoms with Crippen molar-refractivity contribution in [3.05, 3.63) is 0 Å². The molecule has 0 bridgehead atoms. The van der Waals surface area contributed by atoms with Crippen molar-refractivity contribution in [1.29, 1.82) is 0 Å². The van der Waals surface area contributed by atoms with E-state index in [2.05, 4.69) is 24.7 Å². The zero-order valence-electron chi connectivity index (χ0n) is 8.75. The van der Waals surface area contributed by atoms with Gasteiger partial charge in [-0.2, -0.15) is 0 Å². The molecule has 0 aromatic heterocycles. The van der Waals surface area contributed by atoms with Crippen LogP contribution in [0.2, 0.25) is 0 Å². The maximum atomic E-state index is 9.59. The number of carbonyl (C=O) groups is 1. The molecule has 4 nitrogen and oxygen atoms in total. The van der Waals surface area contributed by atoms with Crippen molar-refractivity contribution >= 4 is 18.3 Å². The molecule has 0 fully saturated rings. The lowest BCUT2D eigenvalue weighted by Crippen LogP contribution is -2.16.